The van der Waals surface area contributed by atoms with Crippen molar-refractivity contribution in [1.82, 2.24) is 5.32 Å². The molecule has 2 rings (SSSR count). The van der Waals surface area contributed by atoms with Crippen LogP contribution in [-0.4, -0.2) is 24.3 Å². The zero-order valence-corrected chi connectivity index (χ0v) is 13.9. The van der Waals surface area contributed by atoms with E-state index in [2.05, 4.69) is 10.6 Å². The van der Waals surface area contributed by atoms with Crippen molar-refractivity contribution in [2.45, 2.75) is 0 Å². The SMILES string of the molecule is NC(=O)CNC(=O)c1ccc(NC(=O)c2cc(Cl)sc2Cl)cc1. The topological polar surface area (TPSA) is 101 Å². The summed E-state index contributed by atoms with van der Waals surface area (Å²) >= 11 is 12.8. The molecular weight excluding hydrogens is 361 g/mol. The summed E-state index contributed by atoms with van der Waals surface area (Å²) in [5.74, 6) is -1.47. The minimum Gasteiger partial charge on any atom is -0.368 e. The number of amides is 3. The van der Waals surface area contributed by atoms with E-state index in [1.807, 2.05) is 0 Å². The normalized spacial score (nSPS) is 10.2. The van der Waals surface area contributed by atoms with E-state index < -0.39 is 17.7 Å². The maximum Gasteiger partial charge on any atom is 0.258 e. The van der Waals surface area contributed by atoms with Gasteiger partial charge in [0.25, 0.3) is 11.8 Å². The molecule has 6 nitrogen and oxygen atoms in total. The number of rotatable bonds is 5. The predicted molar refractivity (Wildman–Crippen MR) is 90.3 cm³/mol. The van der Waals surface area contributed by atoms with Crippen LogP contribution in [0.25, 0.3) is 0 Å². The van der Waals surface area contributed by atoms with Crippen LogP contribution in [0.3, 0.4) is 0 Å². The first kappa shape index (κ1) is 17.3. The fourth-order valence-corrected chi connectivity index (χ4v) is 3.13. The first-order valence-corrected chi connectivity index (χ1v) is 7.87. The lowest BCUT2D eigenvalue weighted by Gasteiger charge is -2.06. The van der Waals surface area contributed by atoms with Gasteiger partial charge in [0.05, 0.1) is 16.4 Å². The smallest absolute Gasteiger partial charge is 0.258 e. The van der Waals surface area contributed by atoms with Crippen LogP contribution in [0.2, 0.25) is 8.67 Å². The molecule has 4 N–H and O–H groups in total. The van der Waals surface area contributed by atoms with Gasteiger partial charge < -0.3 is 16.4 Å². The van der Waals surface area contributed by atoms with Crippen LogP contribution in [0, 0.1) is 0 Å². The molecule has 0 bridgehead atoms. The zero-order valence-electron chi connectivity index (χ0n) is 11.6. The Bertz CT molecular complexity index is 759. The Morgan fingerprint density at radius 2 is 1.74 bits per heavy atom. The number of thiophene rings is 1. The molecule has 0 aliphatic rings. The molecule has 1 heterocycles. The molecule has 2 aromatic rings. The molecule has 0 unspecified atom stereocenters. The van der Waals surface area contributed by atoms with Crippen LogP contribution in [0.4, 0.5) is 5.69 Å². The molecule has 9 heteroatoms. The Morgan fingerprint density at radius 1 is 1.09 bits per heavy atom. The molecule has 3 amide bonds. The predicted octanol–water partition coefficient (Wildman–Crippen LogP) is 2.52. The van der Waals surface area contributed by atoms with Gasteiger partial charge in [-0.1, -0.05) is 23.2 Å². The molecule has 0 saturated carbocycles. The zero-order chi connectivity index (χ0) is 17.0. The molecule has 120 valence electrons. The number of nitrogens with two attached hydrogens (primary N) is 1. The fourth-order valence-electron chi connectivity index (χ4n) is 1.67. The summed E-state index contributed by atoms with van der Waals surface area (Å²) in [6, 6.07) is 7.61. The van der Waals surface area contributed by atoms with E-state index in [-0.39, 0.29) is 12.1 Å². The second kappa shape index (κ2) is 7.45. The first-order chi connectivity index (χ1) is 10.9. The highest BCUT2D eigenvalue weighted by Crippen LogP contribution is 2.31. The van der Waals surface area contributed by atoms with E-state index in [9.17, 15) is 14.4 Å². The lowest BCUT2D eigenvalue weighted by Crippen LogP contribution is -2.33. The summed E-state index contributed by atoms with van der Waals surface area (Å²) in [7, 11) is 0. The van der Waals surface area contributed by atoms with Crippen molar-refractivity contribution in [2.75, 3.05) is 11.9 Å². The van der Waals surface area contributed by atoms with E-state index >= 15 is 0 Å². The molecule has 0 aliphatic carbocycles. The van der Waals surface area contributed by atoms with Crippen molar-refractivity contribution in [3.05, 3.63) is 50.1 Å². The summed E-state index contributed by atoms with van der Waals surface area (Å²) in [5, 5.41) is 5.01. The van der Waals surface area contributed by atoms with Crippen LogP contribution in [-0.2, 0) is 4.79 Å². The Hall–Kier alpha value is -2.09. The molecule has 0 radical (unpaired) electrons. The van der Waals surface area contributed by atoms with E-state index in [0.29, 0.717) is 19.9 Å². The average molecular weight is 372 g/mol. The van der Waals surface area contributed by atoms with Crippen LogP contribution >= 0.6 is 34.5 Å². The Morgan fingerprint density at radius 3 is 2.26 bits per heavy atom. The molecular formula is C14H11Cl2N3O3S. The maximum absolute atomic E-state index is 12.1. The van der Waals surface area contributed by atoms with Gasteiger partial charge in [-0.25, -0.2) is 0 Å². The van der Waals surface area contributed by atoms with E-state index in [1.54, 1.807) is 12.1 Å². The van der Waals surface area contributed by atoms with E-state index in [4.69, 9.17) is 28.9 Å². The fraction of sp³-hybridized carbons (Fsp3) is 0.0714. The molecule has 0 aliphatic heterocycles. The van der Waals surface area contributed by atoms with Gasteiger partial charge in [-0.3, -0.25) is 14.4 Å². The lowest BCUT2D eigenvalue weighted by molar-refractivity contribution is -0.117. The van der Waals surface area contributed by atoms with Crippen molar-refractivity contribution in [2.24, 2.45) is 5.73 Å². The molecule has 0 spiro atoms. The third kappa shape index (κ3) is 4.69. The van der Waals surface area contributed by atoms with Gasteiger partial charge in [-0.2, -0.15) is 0 Å². The van der Waals surface area contributed by atoms with Crippen LogP contribution in [0.1, 0.15) is 20.7 Å². The van der Waals surface area contributed by atoms with E-state index in [0.717, 1.165) is 11.3 Å². The minimum atomic E-state index is -0.631. The monoisotopic (exact) mass is 371 g/mol. The molecule has 0 atom stereocenters. The summed E-state index contributed by atoms with van der Waals surface area (Å²) in [4.78, 5) is 34.4. The lowest BCUT2D eigenvalue weighted by atomic mass is 10.2. The maximum atomic E-state index is 12.1. The van der Waals surface area contributed by atoms with E-state index in [1.165, 1.54) is 18.2 Å². The summed E-state index contributed by atoms with van der Waals surface area (Å²) < 4.78 is 0.719. The van der Waals surface area contributed by atoms with Crippen LogP contribution in [0.5, 0.6) is 0 Å². The number of halogens is 2. The Balaban J connectivity index is 2.02. The van der Waals surface area contributed by atoms with Gasteiger partial charge in [0, 0.05) is 11.3 Å². The quantitative estimate of drug-likeness (QED) is 0.752. The molecule has 0 fully saturated rings. The highest BCUT2D eigenvalue weighted by molar-refractivity contribution is 7.20. The van der Waals surface area contributed by atoms with Gasteiger partial charge >= 0.3 is 0 Å². The standard InChI is InChI=1S/C14H11Cl2N3O3S/c15-10-5-9(12(16)23-10)14(22)19-8-3-1-7(2-4-8)13(21)18-6-11(17)20/h1-5H,6H2,(H2,17,20)(H,18,21)(H,19,22). The number of carbonyl (C=O) groups is 3. The van der Waals surface area contributed by atoms with Crippen molar-refractivity contribution < 1.29 is 14.4 Å². The van der Waals surface area contributed by atoms with Gasteiger partial charge in [0.1, 0.15) is 4.34 Å². The number of benzene rings is 1. The second-order valence-electron chi connectivity index (χ2n) is 4.42. The summed E-state index contributed by atoms with van der Waals surface area (Å²) in [6.45, 7) is -0.241. The van der Waals surface area contributed by atoms with Gasteiger partial charge in [-0.15, -0.1) is 11.3 Å². The third-order valence-corrected chi connectivity index (χ3v) is 4.22. The highest BCUT2D eigenvalue weighted by Gasteiger charge is 2.14. The number of anilines is 1. The Labute approximate surface area is 145 Å². The Kier molecular flexibility index (Phi) is 5.59. The number of nitrogens with one attached hydrogen (secondary N) is 2. The number of hydrogen-bond donors (Lipinski definition) is 3. The van der Waals surface area contributed by atoms with Gasteiger partial charge in [0.15, 0.2) is 0 Å². The van der Waals surface area contributed by atoms with Crippen molar-refractivity contribution >= 4 is 57.9 Å². The van der Waals surface area contributed by atoms with Crippen molar-refractivity contribution in [3.63, 3.8) is 0 Å². The third-order valence-electron chi connectivity index (χ3n) is 2.73. The number of carbonyl (C=O) groups excluding carboxylic acids is 3. The molecule has 1 aromatic carbocycles. The second-order valence-corrected chi connectivity index (χ2v) is 6.70. The molecule has 23 heavy (non-hydrogen) atoms. The largest absolute Gasteiger partial charge is 0.368 e. The molecule has 0 saturated heterocycles. The van der Waals surface area contributed by atoms with Crippen LogP contribution < -0.4 is 16.4 Å². The summed E-state index contributed by atoms with van der Waals surface area (Å²) in [5.41, 5.74) is 6.05. The van der Waals surface area contributed by atoms with Gasteiger partial charge in [-0.05, 0) is 30.3 Å². The number of hydrogen-bond acceptors (Lipinski definition) is 4. The summed E-state index contributed by atoms with van der Waals surface area (Å²) in [6.07, 6.45) is 0. The first-order valence-electron chi connectivity index (χ1n) is 6.29. The van der Waals surface area contributed by atoms with Crippen molar-refractivity contribution in [1.29, 1.82) is 0 Å². The minimum absolute atomic E-state index is 0.241. The van der Waals surface area contributed by atoms with Crippen molar-refractivity contribution in [3.8, 4) is 0 Å². The molecule has 1 aromatic heterocycles. The number of primary amides is 1. The van der Waals surface area contributed by atoms with Gasteiger partial charge in [0.2, 0.25) is 5.91 Å². The van der Waals surface area contributed by atoms with Crippen LogP contribution in [0.15, 0.2) is 30.3 Å². The average Bonchev–Trinajstić information content (AvgIpc) is 2.84. The highest BCUT2D eigenvalue weighted by atomic mass is 35.5.